The van der Waals surface area contributed by atoms with Crippen molar-refractivity contribution in [3.63, 3.8) is 0 Å². The summed E-state index contributed by atoms with van der Waals surface area (Å²) in [6.07, 6.45) is 1.80. The Balaban J connectivity index is 2.05. The molecule has 104 valence electrons. The Morgan fingerprint density at radius 1 is 1.55 bits per heavy atom. The van der Waals surface area contributed by atoms with E-state index in [-0.39, 0.29) is 11.7 Å². The Morgan fingerprint density at radius 3 is 3.05 bits per heavy atom. The first-order chi connectivity index (χ1) is 9.56. The normalized spacial score (nSPS) is 12.9. The third-order valence-corrected chi connectivity index (χ3v) is 5.08. The van der Waals surface area contributed by atoms with Crippen molar-refractivity contribution in [3.8, 4) is 0 Å². The number of H-pyrrole nitrogens is 1. The van der Waals surface area contributed by atoms with E-state index in [1.165, 1.54) is 6.07 Å². The molecule has 1 N–H and O–H groups in total. The molecule has 2 heterocycles. The molecule has 1 aromatic carbocycles. The van der Waals surface area contributed by atoms with E-state index in [1.54, 1.807) is 23.6 Å². The average Bonchev–Trinajstić information content (AvgIpc) is 3.01. The predicted molar refractivity (Wildman–Crippen MR) is 85.3 cm³/mol. The molecule has 2 aromatic heterocycles. The van der Waals surface area contributed by atoms with E-state index in [1.807, 2.05) is 9.95 Å². The van der Waals surface area contributed by atoms with Gasteiger partial charge in [0, 0.05) is 30.1 Å². The monoisotopic (exact) mass is 371 g/mol. The van der Waals surface area contributed by atoms with Gasteiger partial charge < -0.3 is 9.55 Å². The van der Waals surface area contributed by atoms with Crippen molar-refractivity contribution >= 4 is 50.5 Å². The summed E-state index contributed by atoms with van der Waals surface area (Å²) in [5, 5.41) is 3.04. The molecule has 0 aliphatic carbocycles. The highest BCUT2D eigenvalue weighted by atomic mass is 79.9. The molecule has 3 rings (SSSR count). The summed E-state index contributed by atoms with van der Waals surface area (Å²) >= 11 is 10.2. The SMILES string of the molecule is CC(Cn1c(=S)[nH]c2cc(F)c(Br)cc21)c1nccs1. The minimum atomic E-state index is -0.297. The molecule has 0 aliphatic heterocycles. The van der Waals surface area contributed by atoms with Gasteiger partial charge in [-0.2, -0.15) is 0 Å². The Bertz CT molecular complexity index is 807. The Hall–Kier alpha value is -1.05. The van der Waals surface area contributed by atoms with Gasteiger partial charge in [-0.25, -0.2) is 9.37 Å². The largest absolute Gasteiger partial charge is 0.330 e. The molecule has 0 saturated heterocycles. The first-order valence-electron chi connectivity index (χ1n) is 6.03. The maximum absolute atomic E-state index is 13.6. The van der Waals surface area contributed by atoms with Crippen LogP contribution in [0.4, 0.5) is 4.39 Å². The summed E-state index contributed by atoms with van der Waals surface area (Å²) in [6.45, 7) is 2.82. The van der Waals surface area contributed by atoms with Crippen LogP contribution in [0.5, 0.6) is 0 Å². The van der Waals surface area contributed by atoms with E-state index >= 15 is 0 Å². The van der Waals surface area contributed by atoms with Crippen LogP contribution in [-0.2, 0) is 6.54 Å². The fourth-order valence-electron chi connectivity index (χ4n) is 2.16. The van der Waals surface area contributed by atoms with Gasteiger partial charge in [-0.3, -0.25) is 0 Å². The molecule has 0 bridgehead atoms. The summed E-state index contributed by atoms with van der Waals surface area (Å²) in [6, 6.07) is 3.21. The minimum Gasteiger partial charge on any atom is -0.330 e. The Morgan fingerprint density at radius 2 is 2.35 bits per heavy atom. The number of thiazole rings is 1. The zero-order chi connectivity index (χ0) is 14.3. The number of hydrogen-bond acceptors (Lipinski definition) is 3. The quantitative estimate of drug-likeness (QED) is 0.666. The number of hydrogen-bond donors (Lipinski definition) is 1. The van der Waals surface area contributed by atoms with E-state index < -0.39 is 0 Å². The van der Waals surface area contributed by atoms with Crippen molar-refractivity contribution in [1.29, 1.82) is 0 Å². The van der Waals surface area contributed by atoms with Crippen molar-refractivity contribution < 1.29 is 4.39 Å². The van der Waals surface area contributed by atoms with Crippen LogP contribution in [0.25, 0.3) is 11.0 Å². The summed E-state index contributed by atoms with van der Waals surface area (Å²) < 4.78 is 16.6. The molecular weight excluding hydrogens is 361 g/mol. The van der Waals surface area contributed by atoms with E-state index in [2.05, 4.69) is 32.8 Å². The first kappa shape index (κ1) is 13.9. The highest BCUT2D eigenvalue weighted by Gasteiger charge is 2.14. The van der Waals surface area contributed by atoms with Gasteiger partial charge in [-0.1, -0.05) is 6.92 Å². The number of nitrogens with zero attached hydrogens (tertiary/aromatic N) is 2. The van der Waals surface area contributed by atoms with Crippen LogP contribution >= 0.6 is 39.5 Å². The number of fused-ring (bicyclic) bond motifs is 1. The van der Waals surface area contributed by atoms with Crippen LogP contribution in [0.3, 0.4) is 0 Å². The molecule has 0 aliphatic rings. The number of nitrogens with one attached hydrogen (secondary N) is 1. The Labute approximate surface area is 132 Å². The van der Waals surface area contributed by atoms with Gasteiger partial charge in [0.15, 0.2) is 4.77 Å². The Kier molecular flexibility index (Phi) is 3.74. The van der Waals surface area contributed by atoms with Crippen LogP contribution < -0.4 is 0 Å². The first-order valence-corrected chi connectivity index (χ1v) is 8.11. The molecule has 0 saturated carbocycles. The molecule has 0 radical (unpaired) electrons. The van der Waals surface area contributed by atoms with Crippen molar-refractivity contribution in [2.45, 2.75) is 19.4 Å². The maximum Gasteiger partial charge on any atom is 0.178 e. The molecule has 1 atom stereocenters. The summed E-state index contributed by atoms with van der Waals surface area (Å²) in [5.74, 6) is -0.0431. The van der Waals surface area contributed by atoms with Gasteiger partial charge in [0.25, 0.3) is 0 Å². The van der Waals surface area contributed by atoms with Gasteiger partial charge in [-0.15, -0.1) is 11.3 Å². The molecule has 3 nitrogen and oxygen atoms in total. The molecule has 0 fully saturated rings. The maximum atomic E-state index is 13.6. The smallest absolute Gasteiger partial charge is 0.178 e. The number of aromatic amines is 1. The van der Waals surface area contributed by atoms with Crippen LogP contribution in [0.1, 0.15) is 17.8 Å². The summed E-state index contributed by atoms with van der Waals surface area (Å²) in [7, 11) is 0. The van der Waals surface area contributed by atoms with E-state index in [0.717, 1.165) is 10.5 Å². The zero-order valence-electron chi connectivity index (χ0n) is 10.6. The van der Waals surface area contributed by atoms with Crippen LogP contribution in [0.2, 0.25) is 0 Å². The second-order valence-corrected chi connectivity index (χ2v) is 6.76. The molecule has 0 spiro atoms. The number of benzene rings is 1. The number of halogens is 2. The van der Waals surface area contributed by atoms with Crippen LogP contribution in [0, 0.1) is 10.6 Å². The van der Waals surface area contributed by atoms with Crippen molar-refractivity contribution in [1.82, 2.24) is 14.5 Å². The second-order valence-electron chi connectivity index (χ2n) is 4.60. The third kappa shape index (κ3) is 2.45. The van der Waals surface area contributed by atoms with Crippen LogP contribution in [0.15, 0.2) is 28.2 Å². The highest BCUT2D eigenvalue weighted by molar-refractivity contribution is 9.10. The predicted octanol–water partition coefficient (Wildman–Crippen LogP) is 4.86. The lowest BCUT2D eigenvalue weighted by atomic mass is 10.2. The number of imidazole rings is 1. The molecule has 3 aromatic rings. The van der Waals surface area contributed by atoms with Gasteiger partial charge >= 0.3 is 0 Å². The fourth-order valence-corrected chi connectivity index (χ4v) is 3.47. The molecule has 7 heteroatoms. The summed E-state index contributed by atoms with van der Waals surface area (Å²) in [5.41, 5.74) is 1.61. The van der Waals surface area contributed by atoms with Crippen molar-refractivity contribution in [3.05, 3.63) is 43.8 Å². The molecule has 1 unspecified atom stereocenters. The minimum absolute atomic E-state index is 0.254. The lowest BCUT2D eigenvalue weighted by Gasteiger charge is -2.10. The lowest BCUT2D eigenvalue weighted by molar-refractivity contribution is 0.601. The molecular formula is C13H11BrFN3S2. The van der Waals surface area contributed by atoms with Gasteiger partial charge in [0.2, 0.25) is 0 Å². The number of rotatable bonds is 3. The fraction of sp³-hybridized carbons (Fsp3) is 0.231. The van der Waals surface area contributed by atoms with Gasteiger partial charge in [0.05, 0.1) is 20.5 Å². The van der Waals surface area contributed by atoms with Crippen molar-refractivity contribution in [2.75, 3.05) is 0 Å². The topological polar surface area (TPSA) is 33.6 Å². The van der Waals surface area contributed by atoms with E-state index in [9.17, 15) is 4.39 Å². The van der Waals surface area contributed by atoms with E-state index in [0.29, 0.717) is 21.3 Å². The van der Waals surface area contributed by atoms with Crippen LogP contribution in [-0.4, -0.2) is 14.5 Å². The molecule has 20 heavy (non-hydrogen) atoms. The van der Waals surface area contributed by atoms with Gasteiger partial charge in [-0.05, 0) is 34.2 Å². The standard InChI is InChI=1S/C13H11BrFN3S2/c1-7(12-16-2-3-20-12)6-18-11-4-8(14)9(15)5-10(11)17-13(18)19/h2-5,7H,6H2,1H3,(H,17,19). The van der Waals surface area contributed by atoms with Crippen molar-refractivity contribution in [2.24, 2.45) is 0 Å². The van der Waals surface area contributed by atoms with E-state index in [4.69, 9.17) is 12.2 Å². The third-order valence-electron chi connectivity index (χ3n) is 3.15. The highest BCUT2D eigenvalue weighted by Crippen LogP contribution is 2.26. The average molecular weight is 372 g/mol. The summed E-state index contributed by atoms with van der Waals surface area (Å²) in [4.78, 5) is 7.38. The second kappa shape index (κ2) is 5.38. The van der Waals surface area contributed by atoms with Gasteiger partial charge in [0.1, 0.15) is 5.82 Å². The molecule has 0 amide bonds. The number of aromatic nitrogens is 3. The lowest BCUT2D eigenvalue weighted by Crippen LogP contribution is -2.06. The zero-order valence-corrected chi connectivity index (χ0v) is 13.8.